The van der Waals surface area contributed by atoms with Gasteiger partial charge in [0, 0.05) is 18.2 Å². The molecule has 1 saturated carbocycles. The molecule has 2 aliphatic rings. The van der Waals surface area contributed by atoms with Crippen molar-refractivity contribution >= 4 is 24.0 Å². The zero-order valence-electron chi connectivity index (χ0n) is 13.3. The zero-order chi connectivity index (χ0) is 15.9. The highest BCUT2D eigenvalue weighted by atomic mass is 35.5. The van der Waals surface area contributed by atoms with Crippen molar-refractivity contribution in [1.82, 2.24) is 10.1 Å². The Labute approximate surface area is 152 Å². The van der Waals surface area contributed by atoms with Crippen LogP contribution in [0.1, 0.15) is 49.4 Å². The Hall–Kier alpha value is -1.14. The monoisotopic (exact) mass is 369 g/mol. The van der Waals surface area contributed by atoms with Crippen LogP contribution in [-0.4, -0.2) is 23.4 Å². The minimum atomic E-state index is -0.414. The molecule has 0 bridgehead atoms. The Morgan fingerprint density at radius 2 is 1.88 bits per heavy atom. The molecule has 1 aromatic carbocycles. The van der Waals surface area contributed by atoms with E-state index in [9.17, 15) is 0 Å². The summed E-state index contributed by atoms with van der Waals surface area (Å²) >= 11 is 6.20. The fourth-order valence-electron chi connectivity index (χ4n) is 3.53. The standard InChI is InChI=1S/C17H20ClN3O2.ClH/c18-13-4-1-3-12(11-13)16(7-9-22-10-8-16)15-20-14(21-23-15)17(19)5-2-6-17;/h1,3-4,11H,2,5-10,19H2;1H. The maximum Gasteiger partial charge on any atom is 0.237 e. The van der Waals surface area contributed by atoms with Crippen LogP contribution in [0, 0.1) is 0 Å². The number of hydrogen-bond donors (Lipinski definition) is 1. The van der Waals surface area contributed by atoms with Crippen LogP contribution in [0.3, 0.4) is 0 Å². The van der Waals surface area contributed by atoms with Gasteiger partial charge in [-0.2, -0.15) is 4.98 Å². The summed E-state index contributed by atoms with van der Waals surface area (Å²) in [5, 5.41) is 4.90. The first-order chi connectivity index (χ1) is 11.1. The van der Waals surface area contributed by atoms with Crippen LogP contribution in [-0.2, 0) is 15.7 Å². The molecule has 0 radical (unpaired) electrons. The van der Waals surface area contributed by atoms with Gasteiger partial charge in [-0.3, -0.25) is 0 Å². The van der Waals surface area contributed by atoms with Crippen molar-refractivity contribution in [2.75, 3.05) is 13.2 Å². The molecule has 7 heteroatoms. The molecule has 0 spiro atoms. The van der Waals surface area contributed by atoms with Crippen molar-refractivity contribution in [3.8, 4) is 0 Å². The summed E-state index contributed by atoms with van der Waals surface area (Å²) in [4.78, 5) is 4.70. The number of ether oxygens (including phenoxy) is 1. The number of hydrogen-bond acceptors (Lipinski definition) is 5. The largest absolute Gasteiger partial charge is 0.381 e. The third-order valence-electron chi connectivity index (χ3n) is 5.25. The van der Waals surface area contributed by atoms with E-state index in [-0.39, 0.29) is 17.8 Å². The molecule has 2 heterocycles. The van der Waals surface area contributed by atoms with Gasteiger partial charge < -0.3 is 15.0 Å². The number of benzene rings is 1. The molecule has 5 nitrogen and oxygen atoms in total. The first-order valence-electron chi connectivity index (χ1n) is 8.10. The van der Waals surface area contributed by atoms with Crippen LogP contribution in [0.5, 0.6) is 0 Å². The van der Waals surface area contributed by atoms with E-state index in [4.69, 9.17) is 31.6 Å². The second kappa shape index (κ2) is 6.64. The predicted octanol–water partition coefficient (Wildman–Crippen LogP) is 3.58. The van der Waals surface area contributed by atoms with Gasteiger partial charge in [0.25, 0.3) is 0 Å². The number of halogens is 2. The molecule has 1 aliphatic heterocycles. The smallest absolute Gasteiger partial charge is 0.237 e. The van der Waals surface area contributed by atoms with E-state index in [1.807, 2.05) is 18.2 Å². The Kier molecular flexibility index (Phi) is 4.89. The second-order valence-electron chi connectivity index (χ2n) is 6.64. The highest BCUT2D eigenvalue weighted by Crippen LogP contribution is 2.43. The first-order valence-corrected chi connectivity index (χ1v) is 8.48. The first kappa shape index (κ1) is 17.7. The summed E-state index contributed by atoms with van der Waals surface area (Å²) in [6.07, 6.45) is 4.55. The van der Waals surface area contributed by atoms with E-state index in [0.717, 1.165) is 37.7 Å². The minimum absolute atomic E-state index is 0. The fourth-order valence-corrected chi connectivity index (χ4v) is 3.72. The van der Waals surface area contributed by atoms with E-state index >= 15 is 0 Å². The lowest BCUT2D eigenvalue weighted by Gasteiger charge is -2.35. The van der Waals surface area contributed by atoms with Gasteiger partial charge >= 0.3 is 0 Å². The molecule has 24 heavy (non-hydrogen) atoms. The maximum absolute atomic E-state index is 6.34. The van der Waals surface area contributed by atoms with Gasteiger partial charge in [0.2, 0.25) is 5.89 Å². The van der Waals surface area contributed by atoms with Crippen molar-refractivity contribution in [3.05, 3.63) is 46.6 Å². The van der Waals surface area contributed by atoms with Crippen LogP contribution in [0.4, 0.5) is 0 Å². The third kappa shape index (κ3) is 2.84. The van der Waals surface area contributed by atoms with Crippen molar-refractivity contribution < 1.29 is 9.26 Å². The zero-order valence-corrected chi connectivity index (χ0v) is 14.9. The summed E-state index contributed by atoms with van der Waals surface area (Å²) in [6, 6.07) is 7.89. The van der Waals surface area contributed by atoms with E-state index in [1.54, 1.807) is 0 Å². The molecule has 4 rings (SSSR count). The predicted molar refractivity (Wildman–Crippen MR) is 93.5 cm³/mol. The molecule has 2 aromatic rings. The molecular formula is C17H21Cl2N3O2. The lowest BCUT2D eigenvalue weighted by atomic mass is 9.73. The van der Waals surface area contributed by atoms with Gasteiger partial charge in [-0.15, -0.1) is 12.4 Å². The summed E-state index contributed by atoms with van der Waals surface area (Å²) in [7, 11) is 0. The molecule has 0 amide bonds. The Morgan fingerprint density at radius 1 is 1.12 bits per heavy atom. The molecule has 2 N–H and O–H groups in total. The molecular weight excluding hydrogens is 349 g/mol. The average molecular weight is 370 g/mol. The average Bonchev–Trinajstić information content (AvgIpc) is 3.04. The molecule has 0 atom stereocenters. The Balaban J connectivity index is 0.00000169. The normalized spacial score (nSPS) is 21.6. The Morgan fingerprint density at radius 3 is 2.50 bits per heavy atom. The highest BCUT2D eigenvalue weighted by molar-refractivity contribution is 6.30. The third-order valence-corrected chi connectivity index (χ3v) is 5.49. The lowest BCUT2D eigenvalue weighted by Crippen LogP contribution is -2.44. The van der Waals surface area contributed by atoms with E-state index in [2.05, 4.69) is 11.2 Å². The van der Waals surface area contributed by atoms with Gasteiger partial charge in [-0.05, 0) is 49.8 Å². The van der Waals surface area contributed by atoms with Crippen LogP contribution >= 0.6 is 24.0 Å². The SMILES string of the molecule is Cl.NC1(c2noc(C3(c4cccc(Cl)c4)CCOCC3)n2)CCC1. The van der Waals surface area contributed by atoms with Crippen molar-refractivity contribution in [1.29, 1.82) is 0 Å². The van der Waals surface area contributed by atoms with Crippen molar-refractivity contribution in [2.45, 2.75) is 43.1 Å². The molecule has 0 unspecified atom stereocenters. The van der Waals surface area contributed by atoms with Gasteiger partial charge in [-0.25, -0.2) is 0 Å². The summed E-state index contributed by atoms with van der Waals surface area (Å²) < 4.78 is 11.2. The second-order valence-corrected chi connectivity index (χ2v) is 7.07. The quantitative estimate of drug-likeness (QED) is 0.894. The molecule has 1 saturated heterocycles. The topological polar surface area (TPSA) is 74.2 Å². The van der Waals surface area contributed by atoms with Crippen LogP contribution in [0.15, 0.2) is 28.8 Å². The summed E-state index contributed by atoms with van der Waals surface area (Å²) in [5.41, 5.74) is 6.69. The molecule has 2 fully saturated rings. The van der Waals surface area contributed by atoms with Crippen LogP contribution in [0.2, 0.25) is 5.02 Å². The maximum atomic E-state index is 6.34. The van der Waals surface area contributed by atoms with Crippen LogP contribution < -0.4 is 5.73 Å². The highest BCUT2D eigenvalue weighted by Gasteiger charge is 2.45. The van der Waals surface area contributed by atoms with E-state index in [1.165, 1.54) is 0 Å². The van der Waals surface area contributed by atoms with Crippen LogP contribution in [0.25, 0.3) is 0 Å². The van der Waals surface area contributed by atoms with Crippen molar-refractivity contribution in [2.24, 2.45) is 5.73 Å². The minimum Gasteiger partial charge on any atom is -0.381 e. The Bertz CT molecular complexity index is 709. The fraction of sp³-hybridized carbons (Fsp3) is 0.529. The number of nitrogens with two attached hydrogens (primary N) is 1. The van der Waals surface area contributed by atoms with Gasteiger partial charge in [0.1, 0.15) is 0 Å². The molecule has 1 aliphatic carbocycles. The lowest BCUT2D eigenvalue weighted by molar-refractivity contribution is 0.0523. The molecule has 1 aromatic heterocycles. The number of nitrogens with zero attached hydrogens (tertiary/aromatic N) is 2. The van der Waals surface area contributed by atoms with Crippen molar-refractivity contribution in [3.63, 3.8) is 0 Å². The number of aromatic nitrogens is 2. The molecule has 130 valence electrons. The summed E-state index contributed by atoms with van der Waals surface area (Å²) in [6.45, 7) is 1.33. The number of rotatable bonds is 3. The van der Waals surface area contributed by atoms with Gasteiger partial charge in [-0.1, -0.05) is 28.9 Å². The van der Waals surface area contributed by atoms with E-state index < -0.39 is 5.54 Å². The van der Waals surface area contributed by atoms with Gasteiger partial charge in [0.05, 0.1) is 11.0 Å². The van der Waals surface area contributed by atoms with Gasteiger partial charge in [0.15, 0.2) is 5.82 Å². The summed E-state index contributed by atoms with van der Waals surface area (Å²) in [5.74, 6) is 1.27. The van der Waals surface area contributed by atoms with E-state index in [0.29, 0.717) is 30.0 Å².